The van der Waals surface area contributed by atoms with Crippen LogP contribution < -0.4 is 10.2 Å². The Morgan fingerprint density at radius 3 is 2.95 bits per heavy atom. The molecule has 0 radical (unpaired) electrons. The molecule has 2 heterocycles. The second-order valence-electron chi connectivity index (χ2n) is 5.94. The Bertz CT molecular complexity index is 621. The predicted octanol–water partition coefficient (Wildman–Crippen LogP) is 3.82. The lowest BCUT2D eigenvalue weighted by Crippen LogP contribution is -2.34. The normalized spacial score (nSPS) is 19.4. The van der Waals surface area contributed by atoms with Gasteiger partial charge >= 0.3 is 0 Å². The van der Waals surface area contributed by atoms with E-state index in [0.29, 0.717) is 0 Å². The van der Waals surface area contributed by atoms with Crippen molar-refractivity contribution in [3.8, 4) is 0 Å². The first-order valence-electron chi connectivity index (χ1n) is 7.51. The summed E-state index contributed by atoms with van der Waals surface area (Å²) in [6.07, 6.45) is 4.61. The molecule has 1 unspecified atom stereocenters. The van der Waals surface area contributed by atoms with Crippen molar-refractivity contribution in [2.75, 3.05) is 30.4 Å². The summed E-state index contributed by atoms with van der Waals surface area (Å²) in [5.41, 5.74) is 2.42. The quantitative estimate of drug-likeness (QED) is 0.898. The molecule has 3 nitrogen and oxygen atoms in total. The van der Waals surface area contributed by atoms with Gasteiger partial charge in [0.1, 0.15) is 5.82 Å². The van der Waals surface area contributed by atoms with Crippen LogP contribution in [0.4, 0.5) is 11.5 Å². The molecule has 1 aromatic carbocycles. The maximum Gasteiger partial charge on any atom is 0.136 e. The molecular formula is C17H23N3. The van der Waals surface area contributed by atoms with E-state index < -0.39 is 0 Å². The highest BCUT2D eigenvalue weighted by atomic mass is 15.2. The number of nitrogens with one attached hydrogen (secondary N) is 1. The van der Waals surface area contributed by atoms with Crippen LogP contribution in [0.3, 0.4) is 0 Å². The second-order valence-corrected chi connectivity index (χ2v) is 5.94. The van der Waals surface area contributed by atoms with Crippen molar-refractivity contribution in [2.24, 2.45) is 5.92 Å². The average molecular weight is 269 g/mol. The summed E-state index contributed by atoms with van der Waals surface area (Å²) in [5, 5.41) is 5.88. The lowest BCUT2D eigenvalue weighted by Gasteiger charge is -2.32. The number of fused-ring (bicyclic) bond motifs is 1. The largest absolute Gasteiger partial charge is 0.388 e. The fraction of sp³-hybridized carbons (Fsp3) is 0.471. The minimum Gasteiger partial charge on any atom is -0.388 e. The summed E-state index contributed by atoms with van der Waals surface area (Å²) < 4.78 is 0. The van der Waals surface area contributed by atoms with E-state index in [1.807, 2.05) is 13.2 Å². The van der Waals surface area contributed by atoms with Crippen molar-refractivity contribution in [1.82, 2.24) is 4.98 Å². The molecule has 0 amide bonds. The van der Waals surface area contributed by atoms with Crippen LogP contribution in [-0.4, -0.2) is 25.1 Å². The van der Waals surface area contributed by atoms with Gasteiger partial charge in [0.15, 0.2) is 0 Å². The summed E-state index contributed by atoms with van der Waals surface area (Å²) in [5.74, 6) is 1.91. The van der Waals surface area contributed by atoms with E-state index in [1.165, 1.54) is 34.9 Å². The third-order valence-electron chi connectivity index (χ3n) is 4.31. The Morgan fingerprint density at radius 1 is 1.35 bits per heavy atom. The molecule has 0 saturated carbocycles. The molecule has 1 aromatic heterocycles. The number of pyridine rings is 1. The third kappa shape index (κ3) is 2.21. The number of aryl methyl sites for hydroxylation is 1. The highest BCUT2D eigenvalue weighted by molar-refractivity contribution is 6.02. The molecule has 3 rings (SSSR count). The third-order valence-corrected chi connectivity index (χ3v) is 4.31. The van der Waals surface area contributed by atoms with E-state index in [2.05, 4.69) is 42.3 Å². The molecule has 2 aromatic rings. The standard InChI is InChI=1S/C17H23N3/c1-12-6-5-9-20(11-12)17-14-7-4-8-15(18-3)16(14)13(2)10-19-17/h4,7-8,10,12,18H,5-6,9,11H2,1-3H3. The van der Waals surface area contributed by atoms with Crippen LogP contribution in [0.5, 0.6) is 0 Å². The minimum absolute atomic E-state index is 0.759. The average Bonchev–Trinajstić information content (AvgIpc) is 2.47. The van der Waals surface area contributed by atoms with Crippen molar-refractivity contribution in [3.63, 3.8) is 0 Å². The number of piperidine rings is 1. The molecule has 106 valence electrons. The first-order chi connectivity index (χ1) is 9.70. The molecule has 1 aliphatic rings. The van der Waals surface area contributed by atoms with Crippen molar-refractivity contribution in [2.45, 2.75) is 26.7 Å². The number of anilines is 2. The van der Waals surface area contributed by atoms with Gasteiger partial charge in [0, 0.05) is 42.8 Å². The molecule has 1 aliphatic heterocycles. The van der Waals surface area contributed by atoms with Crippen LogP contribution >= 0.6 is 0 Å². The maximum atomic E-state index is 4.74. The Hall–Kier alpha value is -1.77. The van der Waals surface area contributed by atoms with Crippen LogP contribution in [-0.2, 0) is 0 Å². The highest BCUT2D eigenvalue weighted by Crippen LogP contribution is 2.33. The number of hydrogen-bond acceptors (Lipinski definition) is 3. The van der Waals surface area contributed by atoms with E-state index in [4.69, 9.17) is 4.98 Å². The number of aromatic nitrogens is 1. The van der Waals surface area contributed by atoms with E-state index >= 15 is 0 Å². The Labute approximate surface area is 121 Å². The zero-order valence-electron chi connectivity index (χ0n) is 12.6. The molecular weight excluding hydrogens is 246 g/mol. The molecule has 1 atom stereocenters. The minimum atomic E-state index is 0.759. The summed E-state index contributed by atoms with van der Waals surface area (Å²) in [6.45, 7) is 6.72. The number of benzene rings is 1. The van der Waals surface area contributed by atoms with Gasteiger partial charge in [-0.2, -0.15) is 0 Å². The first kappa shape index (κ1) is 13.2. The van der Waals surface area contributed by atoms with E-state index in [0.717, 1.165) is 24.8 Å². The van der Waals surface area contributed by atoms with Gasteiger partial charge in [-0.05, 0) is 37.3 Å². The van der Waals surface area contributed by atoms with Crippen molar-refractivity contribution >= 4 is 22.3 Å². The van der Waals surface area contributed by atoms with Crippen molar-refractivity contribution in [3.05, 3.63) is 30.0 Å². The fourth-order valence-corrected chi connectivity index (χ4v) is 3.30. The maximum absolute atomic E-state index is 4.74. The summed E-state index contributed by atoms with van der Waals surface area (Å²) >= 11 is 0. The van der Waals surface area contributed by atoms with Gasteiger partial charge in [0.05, 0.1) is 0 Å². The number of rotatable bonds is 2. The number of hydrogen-bond donors (Lipinski definition) is 1. The van der Waals surface area contributed by atoms with E-state index in [-0.39, 0.29) is 0 Å². The molecule has 20 heavy (non-hydrogen) atoms. The Kier molecular flexibility index (Phi) is 3.51. The molecule has 0 spiro atoms. The van der Waals surface area contributed by atoms with Gasteiger partial charge in [-0.25, -0.2) is 4.98 Å². The van der Waals surface area contributed by atoms with E-state index in [1.54, 1.807) is 0 Å². The Balaban J connectivity index is 2.14. The zero-order valence-corrected chi connectivity index (χ0v) is 12.6. The van der Waals surface area contributed by atoms with Gasteiger partial charge in [-0.15, -0.1) is 0 Å². The first-order valence-corrected chi connectivity index (χ1v) is 7.51. The molecule has 1 saturated heterocycles. The van der Waals surface area contributed by atoms with Gasteiger partial charge in [0.25, 0.3) is 0 Å². The van der Waals surface area contributed by atoms with Crippen molar-refractivity contribution < 1.29 is 0 Å². The fourth-order valence-electron chi connectivity index (χ4n) is 3.30. The molecule has 0 aliphatic carbocycles. The summed E-state index contributed by atoms with van der Waals surface area (Å²) in [6, 6.07) is 6.45. The van der Waals surface area contributed by atoms with Crippen molar-refractivity contribution in [1.29, 1.82) is 0 Å². The molecule has 1 fully saturated rings. The topological polar surface area (TPSA) is 28.2 Å². The Morgan fingerprint density at radius 2 is 2.20 bits per heavy atom. The van der Waals surface area contributed by atoms with Crippen LogP contribution in [0.1, 0.15) is 25.3 Å². The van der Waals surface area contributed by atoms with E-state index in [9.17, 15) is 0 Å². The van der Waals surface area contributed by atoms with Crippen LogP contribution in [0.25, 0.3) is 10.8 Å². The van der Waals surface area contributed by atoms with Crippen LogP contribution in [0, 0.1) is 12.8 Å². The van der Waals surface area contributed by atoms with Gasteiger partial charge in [-0.3, -0.25) is 0 Å². The second kappa shape index (κ2) is 5.31. The lowest BCUT2D eigenvalue weighted by atomic mass is 9.99. The van der Waals surface area contributed by atoms with Crippen LogP contribution in [0.2, 0.25) is 0 Å². The molecule has 1 N–H and O–H groups in total. The number of nitrogens with zero attached hydrogens (tertiary/aromatic N) is 2. The predicted molar refractivity (Wildman–Crippen MR) is 86.6 cm³/mol. The summed E-state index contributed by atoms with van der Waals surface area (Å²) in [7, 11) is 1.98. The molecule has 3 heteroatoms. The van der Waals surface area contributed by atoms with Gasteiger partial charge in [-0.1, -0.05) is 19.1 Å². The summed E-state index contributed by atoms with van der Waals surface area (Å²) in [4.78, 5) is 7.19. The van der Waals surface area contributed by atoms with Crippen LogP contribution in [0.15, 0.2) is 24.4 Å². The van der Waals surface area contributed by atoms with Gasteiger partial charge in [0.2, 0.25) is 0 Å². The SMILES string of the molecule is CNc1cccc2c(N3CCCC(C)C3)ncc(C)c12. The zero-order chi connectivity index (χ0) is 14.1. The smallest absolute Gasteiger partial charge is 0.136 e. The monoisotopic (exact) mass is 269 g/mol. The lowest BCUT2D eigenvalue weighted by molar-refractivity contribution is 0.445. The molecule has 0 bridgehead atoms. The van der Waals surface area contributed by atoms with Gasteiger partial charge < -0.3 is 10.2 Å². The highest BCUT2D eigenvalue weighted by Gasteiger charge is 2.20.